The maximum Gasteiger partial charge on any atom is 0.222 e. The lowest BCUT2D eigenvalue weighted by molar-refractivity contribution is -0.134. The van der Waals surface area contributed by atoms with E-state index in [1.54, 1.807) is 0 Å². The Kier molecular flexibility index (Phi) is 9.61. The molecule has 2 amide bonds. The van der Waals surface area contributed by atoms with Gasteiger partial charge >= 0.3 is 0 Å². The number of hydrogen-bond donors (Lipinski definition) is 2. The third kappa shape index (κ3) is 6.78. The Morgan fingerprint density at radius 1 is 1.37 bits per heavy atom. The zero-order chi connectivity index (χ0) is 13.4. The first-order valence-corrected chi connectivity index (χ1v) is 6.92. The topological polar surface area (TPSA) is 61.4 Å². The molecule has 1 aliphatic rings. The van der Waals surface area contributed by atoms with Crippen molar-refractivity contribution in [3.8, 4) is 0 Å². The second-order valence-electron chi connectivity index (χ2n) is 4.84. The number of nitrogens with one attached hydrogen (secondary N) is 2. The van der Waals surface area contributed by atoms with Crippen LogP contribution >= 0.6 is 12.4 Å². The molecule has 1 rings (SSSR count). The maximum absolute atomic E-state index is 12.0. The van der Waals surface area contributed by atoms with Gasteiger partial charge in [-0.25, -0.2) is 0 Å². The molecule has 1 atom stereocenters. The summed E-state index contributed by atoms with van der Waals surface area (Å²) in [5.74, 6) is 0.227. The molecule has 0 saturated carbocycles. The van der Waals surface area contributed by atoms with Gasteiger partial charge in [0, 0.05) is 45.1 Å². The highest BCUT2D eigenvalue weighted by atomic mass is 35.5. The SMILES string of the molecule is CCCNC(=O)CCCC(=O)N1CCNCC1C.Cl. The zero-order valence-corrected chi connectivity index (χ0v) is 12.7. The summed E-state index contributed by atoms with van der Waals surface area (Å²) >= 11 is 0. The van der Waals surface area contributed by atoms with Gasteiger partial charge in [0.15, 0.2) is 0 Å². The standard InChI is InChI=1S/C13H25N3O2.ClH/c1-3-7-15-12(17)5-4-6-13(18)16-9-8-14-10-11(16)2;/h11,14H,3-10H2,1-2H3,(H,15,17);1H. The van der Waals surface area contributed by atoms with Gasteiger partial charge in [0.2, 0.25) is 11.8 Å². The summed E-state index contributed by atoms with van der Waals surface area (Å²) in [5, 5.41) is 6.08. The molecule has 1 saturated heterocycles. The fraction of sp³-hybridized carbons (Fsp3) is 0.846. The average molecular weight is 292 g/mol. The molecule has 5 nitrogen and oxygen atoms in total. The fourth-order valence-corrected chi connectivity index (χ4v) is 2.11. The summed E-state index contributed by atoms with van der Waals surface area (Å²) in [4.78, 5) is 25.3. The van der Waals surface area contributed by atoms with E-state index in [0.29, 0.717) is 19.3 Å². The summed E-state index contributed by atoms with van der Waals surface area (Å²) in [6, 6.07) is 0.264. The summed E-state index contributed by atoms with van der Waals surface area (Å²) in [6.07, 6.45) is 2.52. The van der Waals surface area contributed by atoms with Crippen molar-refractivity contribution in [3.05, 3.63) is 0 Å². The van der Waals surface area contributed by atoms with E-state index in [9.17, 15) is 9.59 Å². The molecule has 0 aromatic carbocycles. The molecular formula is C13H26ClN3O2. The van der Waals surface area contributed by atoms with Gasteiger partial charge in [-0.1, -0.05) is 6.92 Å². The lowest BCUT2D eigenvalue weighted by Gasteiger charge is -2.34. The lowest BCUT2D eigenvalue weighted by Crippen LogP contribution is -2.52. The molecule has 1 heterocycles. The average Bonchev–Trinajstić information content (AvgIpc) is 2.36. The minimum atomic E-state index is 0. The third-order valence-corrected chi connectivity index (χ3v) is 3.19. The van der Waals surface area contributed by atoms with Crippen molar-refractivity contribution in [2.45, 2.75) is 45.6 Å². The highest BCUT2D eigenvalue weighted by Crippen LogP contribution is 2.07. The van der Waals surface area contributed by atoms with E-state index >= 15 is 0 Å². The van der Waals surface area contributed by atoms with Crippen LogP contribution in [0.4, 0.5) is 0 Å². The van der Waals surface area contributed by atoms with Crippen LogP contribution in [0.1, 0.15) is 39.5 Å². The molecule has 112 valence electrons. The number of piperazine rings is 1. The van der Waals surface area contributed by atoms with Crippen molar-refractivity contribution in [3.63, 3.8) is 0 Å². The highest BCUT2D eigenvalue weighted by Gasteiger charge is 2.22. The predicted octanol–water partition coefficient (Wildman–Crippen LogP) is 0.925. The molecule has 0 spiro atoms. The Morgan fingerprint density at radius 2 is 2.11 bits per heavy atom. The van der Waals surface area contributed by atoms with E-state index in [2.05, 4.69) is 17.6 Å². The number of halogens is 1. The van der Waals surface area contributed by atoms with Gasteiger partial charge in [-0.2, -0.15) is 0 Å². The Morgan fingerprint density at radius 3 is 2.74 bits per heavy atom. The molecule has 0 aromatic rings. The van der Waals surface area contributed by atoms with Crippen LogP contribution in [0.15, 0.2) is 0 Å². The number of rotatable bonds is 6. The van der Waals surface area contributed by atoms with Crippen LogP contribution in [-0.2, 0) is 9.59 Å². The molecule has 1 fully saturated rings. The van der Waals surface area contributed by atoms with Crippen molar-refractivity contribution in [1.82, 2.24) is 15.5 Å². The van der Waals surface area contributed by atoms with Gasteiger partial charge in [-0.05, 0) is 19.8 Å². The number of amides is 2. The first-order chi connectivity index (χ1) is 8.65. The molecule has 2 N–H and O–H groups in total. The van der Waals surface area contributed by atoms with Crippen LogP contribution in [0, 0.1) is 0 Å². The van der Waals surface area contributed by atoms with E-state index in [4.69, 9.17) is 0 Å². The molecule has 0 radical (unpaired) electrons. The summed E-state index contributed by atoms with van der Waals surface area (Å²) in [7, 11) is 0. The molecule has 19 heavy (non-hydrogen) atoms. The Balaban J connectivity index is 0.00000324. The van der Waals surface area contributed by atoms with Crippen molar-refractivity contribution in [2.24, 2.45) is 0 Å². The molecule has 1 aliphatic heterocycles. The summed E-state index contributed by atoms with van der Waals surface area (Å²) in [5.41, 5.74) is 0. The van der Waals surface area contributed by atoms with E-state index in [0.717, 1.165) is 32.6 Å². The van der Waals surface area contributed by atoms with Crippen LogP contribution in [0.25, 0.3) is 0 Å². The van der Waals surface area contributed by atoms with Gasteiger partial charge in [0.1, 0.15) is 0 Å². The molecule has 0 bridgehead atoms. The molecular weight excluding hydrogens is 266 g/mol. The predicted molar refractivity (Wildman–Crippen MR) is 78.4 cm³/mol. The smallest absolute Gasteiger partial charge is 0.222 e. The van der Waals surface area contributed by atoms with Crippen molar-refractivity contribution < 1.29 is 9.59 Å². The van der Waals surface area contributed by atoms with E-state index in [1.165, 1.54) is 0 Å². The van der Waals surface area contributed by atoms with Crippen molar-refractivity contribution in [2.75, 3.05) is 26.2 Å². The van der Waals surface area contributed by atoms with Crippen LogP contribution in [0.3, 0.4) is 0 Å². The van der Waals surface area contributed by atoms with Gasteiger partial charge < -0.3 is 15.5 Å². The molecule has 0 aromatic heterocycles. The minimum absolute atomic E-state index is 0. The summed E-state index contributed by atoms with van der Waals surface area (Å²) in [6.45, 7) is 7.31. The van der Waals surface area contributed by atoms with Gasteiger partial charge in [-0.3, -0.25) is 9.59 Å². The Labute approximate surface area is 121 Å². The number of nitrogens with zero attached hydrogens (tertiary/aromatic N) is 1. The Bertz CT molecular complexity index is 287. The quantitative estimate of drug-likeness (QED) is 0.765. The van der Waals surface area contributed by atoms with E-state index in [-0.39, 0.29) is 30.3 Å². The zero-order valence-electron chi connectivity index (χ0n) is 11.9. The van der Waals surface area contributed by atoms with Crippen LogP contribution in [0.5, 0.6) is 0 Å². The number of hydrogen-bond acceptors (Lipinski definition) is 3. The fourth-order valence-electron chi connectivity index (χ4n) is 2.11. The van der Waals surface area contributed by atoms with Gasteiger partial charge in [0.25, 0.3) is 0 Å². The van der Waals surface area contributed by atoms with Crippen LogP contribution in [0.2, 0.25) is 0 Å². The lowest BCUT2D eigenvalue weighted by atomic mass is 10.1. The normalized spacial score (nSPS) is 18.6. The maximum atomic E-state index is 12.0. The highest BCUT2D eigenvalue weighted by molar-refractivity contribution is 5.85. The number of carbonyl (C=O) groups excluding carboxylic acids is 2. The Hall–Kier alpha value is -0.810. The summed E-state index contributed by atoms with van der Waals surface area (Å²) < 4.78 is 0. The van der Waals surface area contributed by atoms with Crippen LogP contribution < -0.4 is 10.6 Å². The van der Waals surface area contributed by atoms with E-state index in [1.807, 2.05) is 11.8 Å². The van der Waals surface area contributed by atoms with Crippen molar-refractivity contribution in [1.29, 1.82) is 0 Å². The third-order valence-electron chi connectivity index (χ3n) is 3.19. The first kappa shape index (κ1) is 18.2. The molecule has 6 heteroatoms. The monoisotopic (exact) mass is 291 g/mol. The largest absolute Gasteiger partial charge is 0.356 e. The molecule has 1 unspecified atom stereocenters. The second-order valence-corrected chi connectivity index (χ2v) is 4.84. The second kappa shape index (κ2) is 10.0. The van der Waals surface area contributed by atoms with E-state index < -0.39 is 0 Å². The van der Waals surface area contributed by atoms with Gasteiger partial charge in [0.05, 0.1) is 0 Å². The van der Waals surface area contributed by atoms with Crippen molar-refractivity contribution >= 4 is 24.2 Å². The van der Waals surface area contributed by atoms with Crippen LogP contribution in [-0.4, -0.2) is 48.9 Å². The first-order valence-electron chi connectivity index (χ1n) is 6.92. The molecule has 0 aliphatic carbocycles. The van der Waals surface area contributed by atoms with Gasteiger partial charge in [-0.15, -0.1) is 12.4 Å². The minimum Gasteiger partial charge on any atom is -0.356 e. The number of carbonyl (C=O) groups is 2.